The molecule has 136 valence electrons. The molecule has 4 rings (SSSR count). The topological polar surface area (TPSA) is 97.4 Å². The van der Waals surface area contributed by atoms with Crippen LogP contribution in [0.25, 0.3) is 21.5 Å². The Hall–Kier alpha value is -3.39. The third kappa shape index (κ3) is 2.70. The number of hydrogen-bond acceptors (Lipinski definition) is 5. The molecular weight excluding hydrogens is 366 g/mol. The van der Waals surface area contributed by atoms with Gasteiger partial charge in [-0.05, 0) is 11.4 Å². The van der Waals surface area contributed by atoms with Gasteiger partial charge < -0.3 is 10.2 Å². The Morgan fingerprint density at radius 1 is 1.22 bits per heavy atom. The van der Waals surface area contributed by atoms with Gasteiger partial charge in [-0.1, -0.05) is 30.3 Å². The second-order valence-corrected chi connectivity index (χ2v) is 6.98. The van der Waals surface area contributed by atoms with Crippen LogP contribution in [-0.4, -0.2) is 30.5 Å². The van der Waals surface area contributed by atoms with Crippen molar-refractivity contribution in [3.63, 3.8) is 0 Å². The number of aromatic nitrogens is 3. The van der Waals surface area contributed by atoms with Crippen LogP contribution >= 0.6 is 11.3 Å². The molecule has 0 aliphatic heterocycles. The van der Waals surface area contributed by atoms with E-state index in [-0.39, 0.29) is 12.1 Å². The van der Waals surface area contributed by atoms with E-state index in [1.54, 1.807) is 22.3 Å². The maximum Gasteiger partial charge on any atom is 0.341 e. The van der Waals surface area contributed by atoms with Crippen LogP contribution in [0, 0.1) is 0 Å². The highest BCUT2D eigenvalue weighted by atomic mass is 32.1. The van der Waals surface area contributed by atoms with Gasteiger partial charge in [0.15, 0.2) is 5.75 Å². The largest absolute Gasteiger partial charge is 0.502 e. The van der Waals surface area contributed by atoms with E-state index >= 15 is 0 Å². The summed E-state index contributed by atoms with van der Waals surface area (Å²) in [5, 5.41) is 25.6. The number of benzene rings is 1. The van der Waals surface area contributed by atoms with Crippen molar-refractivity contribution in [2.75, 3.05) is 0 Å². The second kappa shape index (κ2) is 6.40. The van der Waals surface area contributed by atoms with E-state index in [9.17, 15) is 19.8 Å². The van der Waals surface area contributed by atoms with Crippen LogP contribution < -0.4 is 5.56 Å². The number of carboxylic acid groups (broad SMARTS) is 1. The summed E-state index contributed by atoms with van der Waals surface area (Å²) in [6.45, 7) is 0.164. The molecule has 4 aromatic rings. The molecule has 0 radical (unpaired) electrons. The minimum absolute atomic E-state index is 0.164. The molecule has 0 spiro atoms. The minimum Gasteiger partial charge on any atom is -0.502 e. The highest BCUT2D eigenvalue weighted by molar-refractivity contribution is 7.17. The number of aromatic hydroxyl groups is 1. The lowest BCUT2D eigenvalue weighted by atomic mass is 10.1. The van der Waals surface area contributed by atoms with E-state index in [1.807, 2.05) is 37.4 Å². The van der Waals surface area contributed by atoms with Crippen molar-refractivity contribution in [1.82, 2.24) is 14.3 Å². The molecule has 0 fully saturated rings. The van der Waals surface area contributed by atoms with Gasteiger partial charge in [-0.3, -0.25) is 14.0 Å². The molecule has 0 amide bonds. The molecule has 3 aromatic heterocycles. The number of thiophene rings is 1. The molecule has 8 heteroatoms. The van der Waals surface area contributed by atoms with E-state index < -0.39 is 17.3 Å². The van der Waals surface area contributed by atoms with Gasteiger partial charge in [0, 0.05) is 18.2 Å². The Labute approximate surface area is 157 Å². The Morgan fingerprint density at radius 2 is 1.96 bits per heavy atom. The Kier molecular flexibility index (Phi) is 4.04. The van der Waals surface area contributed by atoms with Crippen molar-refractivity contribution in [2.24, 2.45) is 7.05 Å². The third-order valence-corrected chi connectivity index (χ3v) is 5.37. The Balaban J connectivity index is 1.91. The SMILES string of the molecule is Cn1ncc(Cn2c(=O)c(O)c(C(=O)O)c3sccc32)c1-c1ccccc1. The summed E-state index contributed by atoms with van der Waals surface area (Å²) in [5.74, 6) is -2.07. The summed E-state index contributed by atoms with van der Waals surface area (Å²) < 4.78 is 3.48. The normalized spacial score (nSPS) is 11.1. The average molecular weight is 381 g/mol. The van der Waals surface area contributed by atoms with Crippen LogP contribution in [0.2, 0.25) is 0 Å². The van der Waals surface area contributed by atoms with Crippen molar-refractivity contribution in [1.29, 1.82) is 0 Å². The molecule has 1 aromatic carbocycles. The van der Waals surface area contributed by atoms with Gasteiger partial charge in [0.25, 0.3) is 5.56 Å². The van der Waals surface area contributed by atoms with E-state index in [0.29, 0.717) is 10.2 Å². The van der Waals surface area contributed by atoms with Crippen LogP contribution in [-0.2, 0) is 13.6 Å². The first-order chi connectivity index (χ1) is 13.0. The van der Waals surface area contributed by atoms with Gasteiger partial charge in [-0.15, -0.1) is 11.3 Å². The third-order valence-electron chi connectivity index (χ3n) is 4.45. The predicted octanol–water partition coefficient (Wildman–Crippen LogP) is 2.92. The fraction of sp³-hybridized carbons (Fsp3) is 0.105. The molecule has 0 aliphatic carbocycles. The Bertz CT molecular complexity index is 1220. The van der Waals surface area contributed by atoms with Crippen molar-refractivity contribution in [3.8, 4) is 17.0 Å². The van der Waals surface area contributed by atoms with E-state index in [0.717, 1.165) is 16.8 Å². The molecule has 0 saturated heterocycles. The maximum atomic E-state index is 12.7. The lowest BCUT2D eigenvalue weighted by Crippen LogP contribution is -2.23. The summed E-state index contributed by atoms with van der Waals surface area (Å²) >= 11 is 1.17. The smallest absolute Gasteiger partial charge is 0.341 e. The summed E-state index contributed by atoms with van der Waals surface area (Å²) in [4.78, 5) is 24.2. The number of hydrogen-bond donors (Lipinski definition) is 2. The molecule has 0 bridgehead atoms. The number of carbonyl (C=O) groups is 1. The van der Waals surface area contributed by atoms with Gasteiger partial charge in [-0.2, -0.15) is 5.10 Å². The van der Waals surface area contributed by atoms with Crippen LogP contribution in [0.5, 0.6) is 5.75 Å². The van der Waals surface area contributed by atoms with Gasteiger partial charge in [0.05, 0.1) is 28.7 Å². The number of nitrogens with zero attached hydrogens (tertiary/aromatic N) is 3. The molecular formula is C19H15N3O4S. The summed E-state index contributed by atoms with van der Waals surface area (Å²) in [6.07, 6.45) is 1.68. The second-order valence-electron chi connectivity index (χ2n) is 6.06. The minimum atomic E-state index is -1.32. The molecule has 7 nitrogen and oxygen atoms in total. The zero-order valence-corrected chi connectivity index (χ0v) is 15.1. The molecule has 0 saturated carbocycles. The van der Waals surface area contributed by atoms with Crippen LogP contribution in [0.3, 0.4) is 0 Å². The molecule has 0 atom stereocenters. The first-order valence-electron chi connectivity index (χ1n) is 8.11. The zero-order valence-electron chi connectivity index (χ0n) is 14.3. The number of fused-ring (bicyclic) bond motifs is 1. The summed E-state index contributed by atoms with van der Waals surface area (Å²) in [5.41, 5.74) is 1.99. The average Bonchev–Trinajstić information content (AvgIpc) is 3.26. The number of aromatic carboxylic acids is 1. The molecule has 3 heterocycles. The fourth-order valence-electron chi connectivity index (χ4n) is 3.25. The summed E-state index contributed by atoms with van der Waals surface area (Å²) in [7, 11) is 1.82. The monoisotopic (exact) mass is 381 g/mol. The maximum absolute atomic E-state index is 12.7. The van der Waals surface area contributed by atoms with Crippen LogP contribution in [0.1, 0.15) is 15.9 Å². The molecule has 0 unspecified atom stereocenters. The molecule has 0 aliphatic rings. The van der Waals surface area contributed by atoms with Crippen molar-refractivity contribution >= 4 is 27.5 Å². The number of rotatable bonds is 4. The lowest BCUT2D eigenvalue weighted by molar-refractivity contribution is 0.0695. The fourth-order valence-corrected chi connectivity index (χ4v) is 4.18. The number of pyridine rings is 1. The Morgan fingerprint density at radius 3 is 2.67 bits per heavy atom. The van der Waals surface area contributed by atoms with Crippen molar-refractivity contribution in [3.05, 3.63) is 69.5 Å². The highest BCUT2D eigenvalue weighted by Gasteiger charge is 2.23. The van der Waals surface area contributed by atoms with E-state index in [1.165, 1.54) is 15.9 Å². The first kappa shape index (κ1) is 17.0. The quantitative estimate of drug-likeness (QED) is 0.566. The van der Waals surface area contributed by atoms with Gasteiger partial charge in [0.1, 0.15) is 5.56 Å². The first-order valence-corrected chi connectivity index (χ1v) is 8.99. The number of carboxylic acids is 1. The highest BCUT2D eigenvalue weighted by Crippen LogP contribution is 2.30. The molecule has 2 N–H and O–H groups in total. The van der Waals surface area contributed by atoms with Crippen molar-refractivity contribution in [2.45, 2.75) is 6.54 Å². The van der Waals surface area contributed by atoms with E-state index in [2.05, 4.69) is 5.10 Å². The lowest BCUT2D eigenvalue weighted by Gasteiger charge is -2.12. The van der Waals surface area contributed by atoms with Crippen LogP contribution in [0.4, 0.5) is 0 Å². The van der Waals surface area contributed by atoms with E-state index in [4.69, 9.17) is 0 Å². The molecule has 27 heavy (non-hydrogen) atoms. The zero-order chi connectivity index (χ0) is 19.1. The van der Waals surface area contributed by atoms with Crippen molar-refractivity contribution < 1.29 is 15.0 Å². The van der Waals surface area contributed by atoms with Gasteiger partial charge in [-0.25, -0.2) is 4.79 Å². The number of aryl methyl sites for hydroxylation is 1. The standard InChI is InChI=1S/C19H15N3O4S/c1-21-15(11-5-3-2-4-6-11)12(9-20-21)10-22-13-7-8-27-17(13)14(19(25)26)16(23)18(22)24/h2-9,23H,10H2,1H3,(H,25,26). The summed E-state index contributed by atoms with van der Waals surface area (Å²) in [6, 6.07) is 11.3. The van der Waals surface area contributed by atoms with Gasteiger partial charge >= 0.3 is 5.97 Å². The van der Waals surface area contributed by atoms with Crippen LogP contribution in [0.15, 0.2) is 52.8 Å². The predicted molar refractivity (Wildman–Crippen MR) is 102 cm³/mol. The van der Waals surface area contributed by atoms with Gasteiger partial charge in [0.2, 0.25) is 0 Å².